The molecule has 36 heavy (non-hydrogen) atoms. The zero-order valence-corrected chi connectivity index (χ0v) is 21.5. The molecule has 0 aliphatic carbocycles. The molecular weight excluding hydrogens is 506 g/mol. The molecule has 4 rings (SSSR count). The predicted molar refractivity (Wildman–Crippen MR) is 132 cm³/mol. The minimum absolute atomic E-state index is 0.142. The van der Waals surface area contributed by atoms with Gasteiger partial charge in [0.15, 0.2) is 0 Å². The van der Waals surface area contributed by atoms with Crippen molar-refractivity contribution in [3.05, 3.63) is 54.6 Å². The lowest BCUT2D eigenvalue weighted by Crippen LogP contribution is -2.45. The summed E-state index contributed by atoms with van der Waals surface area (Å²) in [7, 11) is -7.20. The van der Waals surface area contributed by atoms with E-state index in [0.29, 0.717) is 51.4 Å². The monoisotopic (exact) mass is 537 g/mol. The van der Waals surface area contributed by atoms with Crippen LogP contribution in [0.3, 0.4) is 0 Å². The number of nitrogens with zero attached hydrogens (tertiary/aromatic N) is 2. The fourth-order valence-corrected chi connectivity index (χ4v) is 7.20. The van der Waals surface area contributed by atoms with Crippen molar-refractivity contribution in [3.63, 3.8) is 0 Å². The van der Waals surface area contributed by atoms with Crippen molar-refractivity contribution in [2.45, 2.75) is 22.6 Å². The highest BCUT2D eigenvalue weighted by atomic mass is 32.2. The van der Waals surface area contributed by atoms with Crippen LogP contribution in [0.1, 0.15) is 12.8 Å². The highest BCUT2D eigenvalue weighted by Crippen LogP contribution is 2.24. The summed E-state index contributed by atoms with van der Waals surface area (Å²) in [6.07, 6.45) is 1.23. The lowest BCUT2D eigenvalue weighted by molar-refractivity contribution is -0.126. The Balaban J connectivity index is 1.24. The SMILES string of the molecule is O=C(NCCOc1ccc(S(=O)(=O)N2CCOCC2)cc1)[C@H]1CCCN(S(=O)(=O)c2ccccc2)C1. The van der Waals surface area contributed by atoms with Crippen LogP contribution in [-0.2, 0) is 29.6 Å². The molecule has 0 aromatic heterocycles. The maximum Gasteiger partial charge on any atom is 0.243 e. The van der Waals surface area contributed by atoms with Crippen LogP contribution in [0.15, 0.2) is 64.4 Å². The largest absolute Gasteiger partial charge is 0.492 e. The van der Waals surface area contributed by atoms with Crippen LogP contribution in [0.25, 0.3) is 0 Å². The van der Waals surface area contributed by atoms with Crippen molar-refractivity contribution in [2.75, 3.05) is 52.5 Å². The Kier molecular flexibility index (Phi) is 8.62. The number of benzene rings is 2. The molecule has 1 atom stereocenters. The van der Waals surface area contributed by atoms with E-state index >= 15 is 0 Å². The first-order valence-corrected chi connectivity index (χ1v) is 14.8. The van der Waals surface area contributed by atoms with Crippen molar-refractivity contribution in [3.8, 4) is 5.75 Å². The third kappa shape index (κ3) is 6.24. The number of nitrogens with one attached hydrogen (secondary N) is 1. The molecule has 196 valence electrons. The van der Waals surface area contributed by atoms with Crippen molar-refractivity contribution < 1.29 is 31.1 Å². The first-order valence-electron chi connectivity index (χ1n) is 11.9. The highest BCUT2D eigenvalue weighted by molar-refractivity contribution is 7.89. The molecule has 2 aromatic carbocycles. The van der Waals surface area contributed by atoms with Crippen LogP contribution >= 0.6 is 0 Å². The topological polar surface area (TPSA) is 122 Å². The van der Waals surface area contributed by atoms with Crippen molar-refractivity contribution >= 4 is 26.0 Å². The first kappa shape index (κ1) is 26.6. The van der Waals surface area contributed by atoms with Gasteiger partial charge in [0.1, 0.15) is 12.4 Å². The minimum Gasteiger partial charge on any atom is -0.492 e. The van der Waals surface area contributed by atoms with Crippen molar-refractivity contribution in [1.82, 2.24) is 13.9 Å². The van der Waals surface area contributed by atoms with E-state index in [9.17, 15) is 21.6 Å². The Morgan fingerprint density at radius 1 is 0.889 bits per heavy atom. The van der Waals surface area contributed by atoms with Gasteiger partial charge in [0.05, 0.1) is 35.5 Å². The number of sulfonamides is 2. The highest BCUT2D eigenvalue weighted by Gasteiger charge is 2.33. The van der Waals surface area contributed by atoms with Crippen LogP contribution in [0, 0.1) is 5.92 Å². The molecule has 2 aliphatic heterocycles. The van der Waals surface area contributed by atoms with Gasteiger partial charge in [0.25, 0.3) is 0 Å². The number of piperidine rings is 1. The number of hydrogen-bond donors (Lipinski definition) is 1. The fourth-order valence-electron chi connectivity index (χ4n) is 4.25. The maximum atomic E-state index is 12.9. The number of hydrogen-bond acceptors (Lipinski definition) is 7. The number of ether oxygens (including phenoxy) is 2. The maximum absolute atomic E-state index is 12.9. The van der Waals surface area contributed by atoms with Gasteiger partial charge in [-0.1, -0.05) is 18.2 Å². The van der Waals surface area contributed by atoms with Gasteiger partial charge in [-0.2, -0.15) is 8.61 Å². The van der Waals surface area contributed by atoms with Crippen LogP contribution in [0.5, 0.6) is 5.75 Å². The van der Waals surface area contributed by atoms with Gasteiger partial charge in [-0.3, -0.25) is 4.79 Å². The Morgan fingerprint density at radius 3 is 2.22 bits per heavy atom. The van der Waals surface area contributed by atoms with Crippen LogP contribution < -0.4 is 10.1 Å². The van der Waals surface area contributed by atoms with Crippen LogP contribution in [-0.4, -0.2) is 83.9 Å². The molecule has 2 fully saturated rings. The molecule has 0 bridgehead atoms. The van der Waals surface area contributed by atoms with E-state index in [1.807, 2.05) is 0 Å². The Labute approximate surface area is 212 Å². The van der Waals surface area contributed by atoms with Gasteiger partial charge in [0.2, 0.25) is 26.0 Å². The average Bonchev–Trinajstić information content (AvgIpc) is 2.92. The molecule has 1 amide bonds. The molecule has 1 N–H and O–H groups in total. The summed E-state index contributed by atoms with van der Waals surface area (Å²) in [5.41, 5.74) is 0. The summed E-state index contributed by atoms with van der Waals surface area (Å²) in [5.74, 6) is -0.150. The number of carbonyl (C=O) groups excluding carboxylic acids is 1. The molecule has 2 saturated heterocycles. The normalized spacial score (nSPS) is 20.1. The van der Waals surface area contributed by atoms with E-state index in [2.05, 4.69) is 5.32 Å². The predicted octanol–water partition coefficient (Wildman–Crippen LogP) is 1.30. The van der Waals surface area contributed by atoms with E-state index in [1.165, 1.54) is 20.7 Å². The molecule has 12 heteroatoms. The van der Waals surface area contributed by atoms with E-state index < -0.39 is 26.0 Å². The second-order valence-electron chi connectivity index (χ2n) is 8.64. The van der Waals surface area contributed by atoms with E-state index in [-0.39, 0.29) is 35.4 Å². The van der Waals surface area contributed by atoms with Crippen molar-refractivity contribution in [1.29, 1.82) is 0 Å². The van der Waals surface area contributed by atoms with E-state index in [0.717, 1.165) is 0 Å². The molecule has 0 radical (unpaired) electrons. The zero-order chi connectivity index (χ0) is 25.6. The Morgan fingerprint density at radius 2 is 1.53 bits per heavy atom. The summed E-state index contributed by atoms with van der Waals surface area (Å²) >= 11 is 0. The van der Waals surface area contributed by atoms with Crippen LogP contribution in [0.4, 0.5) is 0 Å². The van der Waals surface area contributed by atoms with Crippen molar-refractivity contribution in [2.24, 2.45) is 5.92 Å². The molecule has 0 unspecified atom stereocenters. The molecule has 0 spiro atoms. The standard InChI is InChI=1S/C24H31N3O7S2/c28-24(20-5-4-13-27(19-20)36(31,32)22-6-2-1-3-7-22)25-12-16-34-21-8-10-23(11-9-21)35(29,30)26-14-17-33-18-15-26/h1-3,6-11,20H,4-5,12-19H2,(H,25,28)/t20-/m0/s1. The lowest BCUT2D eigenvalue weighted by atomic mass is 9.99. The molecular formula is C24H31N3O7S2. The van der Waals surface area contributed by atoms with Gasteiger partial charge >= 0.3 is 0 Å². The summed E-state index contributed by atoms with van der Waals surface area (Å²) < 4.78 is 64.8. The summed E-state index contributed by atoms with van der Waals surface area (Å²) in [4.78, 5) is 13.1. The first-order chi connectivity index (χ1) is 17.3. The molecule has 2 aliphatic rings. The second kappa shape index (κ2) is 11.7. The van der Waals surface area contributed by atoms with Gasteiger partial charge < -0.3 is 14.8 Å². The van der Waals surface area contributed by atoms with Gasteiger partial charge in [-0.05, 0) is 49.2 Å². The molecule has 2 aromatic rings. The third-order valence-corrected chi connectivity index (χ3v) is 10.0. The van der Waals surface area contributed by atoms with E-state index in [1.54, 1.807) is 42.5 Å². The van der Waals surface area contributed by atoms with Gasteiger partial charge in [-0.25, -0.2) is 16.8 Å². The number of rotatable bonds is 9. The fraction of sp³-hybridized carbons (Fsp3) is 0.458. The average molecular weight is 538 g/mol. The number of amides is 1. The van der Waals surface area contributed by atoms with Gasteiger partial charge in [-0.15, -0.1) is 0 Å². The van der Waals surface area contributed by atoms with Crippen LogP contribution in [0.2, 0.25) is 0 Å². The molecule has 10 nitrogen and oxygen atoms in total. The minimum atomic E-state index is -3.63. The Bertz CT molecular complexity index is 1230. The molecule has 2 heterocycles. The number of carbonyl (C=O) groups is 1. The lowest BCUT2D eigenvalue weighted by Gasteiger charge is -2.31. The smallest absolute Gasteiger partial charge is 0.243 e. The van der Waals surface area contributed by atoms with Gasteiger partial charge in [0, 0.05) is 26.2 Å². The zero-order valence-electron chi connectivity index (χ0n) is 19.9. The number of morpholine rings is 1. The summed E-state index contributed by atoms with van der Waals surface area (Å²) in [5, 5.41) is 2.81. The second-order valence-corrected chi connectivity index (χ2v) is 12.5. The third-order valence-electron chi connectivity index (χ3n) is 6.24. The Hall–Kier alpha value is -2.51. The summed E-state index contributed by atoms with van der Waals surface area (Å²) in [6.45, 7) is 2.40. The molecule has 0 saturated carbocycles. The summed E-state index contributed by atoms with van der Waals surface area (Å²) in [6, 6.07) is 14.4. The van der Waals surface area contributed by atoms with E-state index in [4.69, 9.17) is 9.47 Å². The quantitative estimate of drug-likeness (QED) is 0.479.